The number of sulfonamides is 1. The van der Waals surface area contributed by atoms with Gasteiger partial charge >= 0.3 is 0 Å². The number of carbonyl (C=O) groups is 1. The molecule has 0 saturated carbocycles. The van der Waals surface area contributed by atoms with Crippen LogP contribution in [0.4, 0.5) is 0 Å². The van der Waals surface area contributed by atoms with Crippen molar-refractivity contribution in [2.24, 2.45) is 5.92 Å². The number of nitrogens with one attached hydrogen (secondary N) is 1. The number of nitrogens with zero attached hydrogens (tertiary/aromatic N) is 2. The Kier molecular flexibility index (Phi) is 6.26. The van der Waals surface area contributed by atoms with Gasteiger partial charge in [0.15, 0.2) is 0 Å². The Morgan fingerprint density at radius 2 is 2.00 bits per heavy atom. The van der Waals surface area contributed by atoms with Crippen molar-refractivity contribution in [3.63, 3.8) is 0 Å². The van der Waals surface area contributed by atoms with E-state index in [1.807, 2.05) is 29.8 Å². The number of amides is 1. The normalized spacial score (nSPS) is 16.2. The highest BCUT2D eigenvalue weighted by molar-refractivity contribution is 7.89. The second kappa shape index (κ2) is 8.91. The topological polar surface area (TPSA) is 71.4 Å². The van der Waals surface area contributed by atoms with Crippen LogP contribution >= 0.6 is 11.3 Å². The molecule has 3 aromatic rings. The number of aromatic nitrogens is 1. The molecule has 1 aliphatic rings. The van der Waals surface area contributed by atoms with E-state index in [2.05, 4.69) is 22.9 Å². The highest BCUT2D eigenvalue weighted by Gasteiger charge is 2.32. The maximum Gasteiger partial charge on any atom is 0.243 e. The highest BCUT2D eigenvalue weighted by Crippen LogP contribution is 2.27. The fraction of sp³-hybridized carbons (Fsp3) is 0.409. The van der Waals surface area contributed by atoms with E-state index in [0.717, 1.165) is 23.9 Å². The van der Waals surface area contributed by atoms with E-state index in [9.17, 15) is 13.2 Å². The van der Waals surface area contributed by atoms with Crippen LogP contribution in [-0.2, 0) is 27.8 Å². The number of thiophene rings is 1. The molecular formula is C22H27N3O3S2. The molecule has 3 heterocycles. The molecule has 160 valence electrons. The van der Waals surface area contributed by atoms with Crippen LogP contribution < -0.4 is 5.32 Å². The Bertz CT molecular complexity index is 1110. The van der Waals surface area contributed by atoms with Gasteiger partial charge < -0.3 is 9.88 Å². The molecule has 0 aliphatic carbocycles. The molecule has 1 fully saturated rings. The van der Waals surface area contributed by atoms with Gasteiger partial charge in [0.25, 0.3) is 0 Å². The molecule has 1 aliphatic heterocycles. The molecule has 1 N–H and O–H groups in total. The minimum Gasteiger partial charge on any atom is -0.355 e. The zero-order valence-corrected chi connectivity index (χ0v) is 18.7. The van der Waals surface area contributed by atoms with E-state index < -0.39 is 10.0 Å². The Hall–Kier alpha value is -2.16. The van der Waals surface area contributed by atoms with Crippen molar-refractivity contribution in [1.29, 1.82) is 0 Å². The van der Waals surface area contributed by atoms with Crippen LogP contribution in [0.5, 0.6) is 0 Å². The minimum absolute atomic E-state index is 0.0333. The van der Waals surface area contributed by atoms with E-state index in [1.165, 1.54) is 9.18 Å². The largest absolute Gasteiger partial charge is 0.355 e. The number of piperidine rings is 1. The fourth-order valence-corrected chi connectivity index (χ4v) is 6.24. The van der Waals surface area contributed by atoms with Gasteiger partial charge in [-0.2, -0.15) is 4.31 Å². The maximum atomic E-state index is 13.1. The molecule has 1 saturated heterocycles. The van der Waals surface area contributed by atoms with Crippen molar-refractivity contribution >= 4 is 38.2 Å². The van der Waals surface area contributed by atoms with E-state index in [-0.39, 0.29) is 11.8 Å². The van der Waals surface area contributed by atoms with Gasteiger partial charge in [-0.25, -0.2) is 8.42 Å². The lowest BCUT2D eigenvalue weighted by Crippen LogP contribution is -2.43. The number of carbonyl (C=O) groups excluding carboxylic acids is 1. The molecule has 1 aromatic carbocycles. The Morgan fingerprint density at radius 1 is 1.20 bits per heavy atom. The maximum absolute atomic E-state index is 13.1. The van der Waals surface area contributed by atoms with Crippen molar-refractivity contribution in [1.82, 2.24) is 14.2 Å². The molecule has 2 aromatic heterocycles. The smallest absolute Gasteiger partial charge is 0.243 e. The lowest BCUT2D eigenvalue weighted by Gasteiger charge is -2.30. The predicted molar refractivity (Wildman–Crippen MR) is 120 cm³/mol. The van der Waals surface area contributed by atoms with E-state index in [0.29, 0.717) is 37.4 Å². The Labute approximate surface area is 181 Å². The standard InChI is InChI=1S/C22H27N3O3S2/c1-2-24-12-8-18-16-20(5-6-21(18)24)30(27,28)25-13-9-17(10-14-25)22(26)23-11-7-19-4-3-15-29-19/h3-6,8,12,15-17H,2,7,9-11,13-14H2,1H3,(H,23,26). The van der Waals surface area contributed by atoms with Gasteiger partial charge in [0, 0.05) is 54.1 Å². The molecular weight excluding hydrogens is 418 g/mol. The highest BCUT2D eigenvalue weighted by atomic mass is 32.2. The summed E-state index contributed by atoms with van der Waals surface area (Å²) in [6, 6.07) is 11.3. The zero-order valence-electron chi connectivity index (χ0n) is 17.1. The molecule has 4 rings (SSSR count). The van der Waals surface area contributed by atoms with E-state index in [1.54, 1.807) is 23.5 Å². The average Bonchev–Trinajstić information content (AvgIpc) is 3.42. The van der Waals surface area contributed by atoms with Gasteiger partial charge in [-0.15, -0.1) is 11.3 Å². The number of benzene rings is 1. The molecule has 1 amide bonds. The molecule has 6 nitrogen and oxygen atoms in total. The van der Waals surface area contributed by atoms with Crippen molar-refractivity contribution in [3.8, 4) is 0 Å². The van der Waals surface area contributed by atoms with Crippen LogP contribution in [-0.4, -0.2) is 42.8 Å². The second-order valence-electron chi connectivity index (χ2n) is 7.62. The molecule has 0 bridgehead atoms. The third kappa shape index (κ3) is 4.31. The summed E-state index contributed by atoms with van der Waals surface area (Å²) in [5.74, 6) is -0.0909. The third-order valence-electron chi connectivity index (χ3n) is 5.80. The van der Waals surface area contributed by atoms with Crippen molar-refractivity contribution in [3.05, 3.63) is 52.9 Å². The van der Waals surface area contributed by atoms with Crippen LogP contribution in [0.2, 0.25) is 0 Å². The quantitative estimate of drug-likeness (QED) is 0.605. The van der Waals surface area contributed by atoms with Gasteiger partial charge in [-0.3, -0.25) is 4.79 Å². The van der Waals surface area contributed by atoms with E-state index >= 15 is 0 Å². The van der Waals surface area contributed by atoms with Crippen LogP contribution in [0.25, 0.3) is 10.9 Å². The van der Waals surface area contributed by atoms with Gasteiger partial charge in [-0.05, 0) is 61.9 Å². The number of hydrogen-bond donors (Lipinski definition) is 1. The first-order chi connectivity index (χ1) is 14.5. The summed E-state index contributed by atoms with van der Waals surface area (Å²) in [5, 5.41) is 5.96. The Balaban J connectivity index is 1.35. The summed E-state index contributed by atoms with van der Waals surface area (Å²) >= 11 is 1.69. The molecule has 30 heavy (non-hydrogen) atoms. The van der Waals surface area contributed by atoms with Crippen LogP contribution in [0.1, 0.15) is 24.6 Å². The van der Waals surface area contributed by atoms with Crippen LogP contribution in [0.3, 0.4) is 0 Å². The predicted octanol–water partition coefficient (Wildman–Crippen LogP) is 3.48. The van der Waals surface area contributed by atoms with E-state index in [4.69, 9.17) is 0 Å². The van der Waals surface area contributed by atoms with Gasteiger partial charge in [0.1, 0.15) is 0 Å². The van der Waals surface area contributed by atoms with Gasteiger partial charge in [0.05, 0.1) is 4.90 Å². The minimum atomic E-state index is -3.55. The summed E-state index contributed by atoms with van der Waals surface area (Å²) in [5.41, 5.74) is 1.04. The number of fused-ring (bicyclic) bond motifs is 1. The lowest BCUT2D eigenvalue weighted by molar-refractivity contribution is -0.126. The van der Waals surface area contributed by atoms with Crippen LogP contribution in [0, 0.1) is 5.92 Å². The van der Waals surface area contributed by atoms with Gasteiger partial charge in [0.2, 0.25) is 15.9 Å². The summed E-state index contributed by atoms with van der Waals surface area (Å²) in [6.45, 7) is 4.28. The lowest BCUT2D eigenvalue weighted by atomic mass is 9.97. The first kappa shape index (κ1) is 21.1. The molecule has 0 unspecified atom stereocenters. The number of aryl methyl sites for hydroxylation is 1. The number of hydrogen-bond acceptors (Lipinski definition) is 4. The molecule has 0 radical (unpaired) electrons. The summed E-state index contributed by atoms with van der Waals surface area (Å²) < 4.78 is 29.8. The monoisotopic (exact) mass is 445 g/mol. The first-order valence-electron chi connectivity index (χ1n) is 10.4. The molecule has 0 spiro atoms. The Morgan fingerprint density at radius 3 is 2.70 bits per heavy atom. The third-order valence-corrected chi connectivity index (χ3v) is 8.63. The molecule has 8 heteroatoms. The van der Waals surface area contributed by atoms with Crippen molar-refractivity contribution in [2.75, 3.05) is 19.6 Å². The summed E-state index contributed by atoms with van der Waals surface area (Å²) in [6.07, 6.45) is 3.92. The average molecular weight is 446 g/mol. The van der Waals surface area contributed by atoms with Crippen LogP contribution in [0.15, 0.2) is 52.9 Å². The SMILES string of the molecule is CCn1ccc2cc(S(=O)(=O)N3CCC(C(=O)NCCc4cccs4)CC3)ccc21. The number of rotatable bonds is 7. The molecule has 0 atom stereocenters. The first-order valence-corrected chi connectivity index (χ1v) is 12.7. The second-order valence-corrected chi connectivity index (χ2v) is 10.6. The van der Waals surface area contributed by atoms with Crippen molar-refractivity contribution in [2.45, 2.75) is 37.6 Å². The van der Waals surface area contributed by atoms with Gasteiger partial charge in [-0.1, -0.05) is 6.07 Å². The van der Waals surface area contributed by atoms with Crippen molar-refractivity contribution < 1.29 is 13.2 Å². The zero-order chi connectivity index (χ0) is 21.1. The summed E-state index contributed by atoms with van der Waals surface area (Å²) in [7, 11) is -3.55. The fourth-order valence-electron chi connectivity index (χ4n) is 4.03. The summed E-state index contributed by atoms with van der Waals surface area (Å²) in [4.78, 5) is 14.0.